The zero-order chi connectivity index (χ0) is 74.8. The van der Waals surface area contributed by atoms with E-state index in [4.69, 9.17) is 49.8 Å². The zero-order valence-electron chi connectivity index (χ0n) is 59.3. The summed E-state index contributed by atoms with van der Waals surface area (Å²) < 4.78 is 21.6. The molecule has 4 saturated heterocycles. The van der Waals surface area contributed by atoms with Gasteiger partial charge in [-0.3, -0.25) is 28.9 Å². The van der Waals surface area contributed by atoms with Crippen LogP contribution in [0.1, 0.15) is 85.0 Å². The number of carbonyl (C=O) groups is 3. The lowest BCUT2D eigenvalue weighted by Crippen LogP contribution is -2.45. The molecule has 3 N–H and O–H groups in total. The monoisotopic (exact) mass is 2060 g/mol. The number of likely N-dealkylation sites (N-methyl/N-ethyl adjacent to an activating group) is 2. The van der Waals surface area contributed by atoms with E-state index in [0.717, 1.165) is 127 Å². The van der Waals surface area contributed by atoms with Crippen molar-refractivity contribution in [1.29, 1.82) is 0 Å². The third kappa shape index (κ3) is 31.5. The molecule has 4 aliphatic heterocycles. The van der Waals surface area contributed by atoms with Crippen molar-refractivity contribution in [2.75, 3.05) is 92.2 Å². The number of rotatable bonds is 9. The summed E-state index contributed by atoms with van der Waals surface area (Å²) in [6.07, 6.45) is 20.6. The second kappa shape index (κ2) is 45.4. The number of nitrogens with one attached hydrogen (secondary N) is 1. The number of amides is 2. The molecule has 0 saturated carbocycles. The SMILES string of the molecule is C.CN1CCC(N(C)C(=O)Cc2cc3cc(-c4cnn(C)c4)ccc3cn2)CC1.CN1CCC(N(C)C(=O)Cc2cc3cc(Br)ccc3cn2)CC1.CNC1CCN(C)CC1.Cn1cc(B2OC(C)(C)C(C)(C)O2)cn1.ICI.ICI.Nc1cc2cc(Br)ccc2cn1.O=C(Cl)OC(Cl)(Cl)Cl. The van der Waals surface area contributed by atoms with Gasteiger partial charge in [0.25, 0.3) is 0 Å². The second-order valence-electron chi connectivity index (χ2n) is 25.7. The largest absolute Gasteiger partial charge is 0.498 e. The number of alkyl halides is 7. The Hall–Kier alpha value is -2.62. The van der Waals surface area contributed by atoms with E-state index in [-0.39, 0.29) is 37.6 Å². The topological polar surface area (TPSA) is 207 Å². The molecule has 31 heteroatoms. The van der Waals surface area contributed by atoms with Gasteiger partial charge in [0, 0.05) is 131 Å². The van der Waals surface area contributed by atoms with Crippen LogP contribution in [-0.2, 0) is 50.6 Å². The van der Waals surface area contributed by atoms with Crippen LogP contribution in [0, 0.1) is 0 Å². The summed E-state index contributed by atoms with van der Waals surface area (Å²) in [5.74, 6) is 0.854. The standard InChI is InChI=1S/C22H27N5O.C18H22BrN3O.C10H17BN2O2.C9H7BrN2.C7H16N2.C2Cl4O2.2CH2I2.CH4/c1-25-8-6-21(7-9-25)27(3)22(28)12-20-11-18-10-16(4-5-17(18)13-23-20)19-14-24-26(2)15-19;1-21-7-5-17(6-8-21)22(2)18(23)11-16-10-14-9-15(19)4-3-13(14)12-20-16;1-9(2)10(3,4)15-11(14-9)8-6-12-13(5)7-8;10-8-2-1-6-5-12-9(11)4-7(6)3-8;1-8-7-3-5-9(2)6-4-7;3-1(7)8-2(4,5)6;2*2-1-3;/h4-5,10-11,13-15,21H,6-9,12H2,1-3H3;3-4,9-10,12,17H,5-8,11H2,1-2H3;6-7H,1-5H3;1-5H,(H2,11,12);7-8H,3-6H2,1-2H3;;2*1H2;1H4. The quantitative estimate of drug-likeness (QED) is 0.0596. The van der Waals surface area contributed by atoms with Crippen molar-refractivity contribution in [2.24, 2.45) is 14.1 Å². The maximum absolute atomic E-state index is 12.8. The van der Waals surface area contributed by atoms with Gasteiger partial charge in [0.05, 0.1) is 46.5 Å². The van der Waals surface area contributed by atoms with Gasteiger partial charge in [-0.15, -0.1) is 0 Å². The molecule has 8 aromatic rings. The molecule has 0 unspecified atom stereocenters. The third-order valence-corrected chi connectivity index (χ3v) is 19.1. The molecular formula is C71H97BBr2Cl4I4N14O6. The first-order chi connectivity index (χ1) is 47.7. The summed E-state index contributed by atoms with van der Waals surface area (Å²) in [7, 11) is 15.9. The first-order valence-electron chi connectivity index (χ1n) is 32.7. The summed E-state index contributed by atoms with van der Waals surface area (Å²) in [5.41, 5.74) is 8.66. The molecule has 12 rings (SSSR count). The predicted octanol–water partition coefficient (Wildman–Crippen LogP) is 16.4. The van der Waals surface area contributed by atoms with Crippen LogP contribution in [-0.4, -0.2) is 203 Å². The van der Waals surface area contributed by atoms with Gasteiger partial charge in [0.15, 0.2) is 0 Å². The van der Waals surface area contributed by atoms with Crippen molar-refractivity contribution in [3.8, 4) is 11.1 Å². The third-order valence-electron chi connectivity index (χ3n) is 17.8. The highest BCUT2D eigenvalue weighted by Crippen LogP contribution is 2.37. The van der Waals surface area contributed by atoms with Gasteiger partial charge in [-0.1, -0.05) is 154 Å². The van der Waals surface area contributed by atoms with Crippen LogP contribution >= 0.6 is 169 Å². The number of nitrogens with zero attached hydrogens (tertiary/aromatic N) is 12. The lowest BCUT2D eigenvalue weighted by atomic mass is 9.82. The van der Waals surface area contributed by atoms with Crippen LogP contribution in [0.4, 0.5) is 10.6 Å². The molecule has 9 heterocycles. The molecule has 560 valence electrons. The predicted molar refractivity (Wildman–Crippen MR) is 465 cm³/mol. The molecule has 0 spiro atoms. The maximum Gasteiger partial charge on any atom is 0.498 e. The number of hydrogen-bond donors (Lipinski definition) is 2. The first-order valence-corrected chi connectivity index (χ1v) is 41.9. The van der Waals surface area contributed by atoms with Gasteiger partial charge in [0.1, 0.15) is 5.82 Å². The number of anilines is 1. The van der Waals surface area contributed by atoms with Crippen molar-refractivity contribution in [3.05, 3.63) is 137 Å². The molecule has 0 radical (unpaired) electrons. The molecule has 2 amide bonds. The molecule has 0 aliphatic carbocycles. The van der Waals surface area contributed by atoms with Gasteiger partial charge in [-0.25, -0.2) is 9.78 Å². The zero-order valence-corrected chi connectivity index (χ0v) is 74.1. The molecule has 20 nitrogen and oxygen atoms in total. The summed E-state index contributed by atoms with van der Waals surface area (Å²) in [4.78, 5) is 58.9. The number of piperidine rings is 3. The number of ether oxygens (including phenoxy) is 1. The van der Waals surface area contributed by atoms with Crippen molar-refractivity contribution in [1.82, 2.24) is 64.3 Å². The highest BCUT2D eigenvalue weighted by atomic mass is 127. The number of aryl methyl sites for hydroxylation is 2. The maximum atomic E-state index is 12.8. The minimum Gasteiger partial charge on any atom is -0.402 e. The Balaban J connectivity index is 0.000000268. The molecule has 3 aromatic carbocycles. The number of aromatic nitrogens is 7. The molecule has 0 bridgehead atoms. The summed E-state index contributed by atoms with van der Waals surface area (Å²) in [6, 6.07) is 25.8. The van der Waals surface area contributed by atoms with Gasteiger partial charge in [0.2, 0.25) is 11.8 Å². The van der Waals surface area contributed by atoms with Crippen LogP contribution in [0.5, 0.6) is 0 Å². The lowest BCUT2D eigenvalue weighted by molar-refractivity contribution is -0.132. The van der Waals surface area contributed by atoms with Crippen LogP contribution in [0.15, 0.2) is 125 Å². The summed E-state index contributed by atoms with van der Waals surface area (Å²) in [5, 5.41) is 18.2. The van der Waals surface area contributed by atoms with E-state index in [9.17, 15) is 14.4 Å². The summed E-state index contributed by atoms with van der Waals surface area (Å²) >= 11 is 35.4. The highest BCUT2D eigenvalue weighted by Gasteiger charge is 2.52. The Bertz CT molecular complexity index is 3830. The van der Waals surface area contributed by atoms with Crippen molar-refractivity contribution in [3.63, 3.8) is 0 Å². The first kappa shape index (κ1) is 91.8. The van der Waals surface area contributed by atoms with E-state index in [1.54, 1.807) is 21.8 Å². The molecule has 102 heavy (non-hydrogen) atoms. The fourth-order valence-electron chi connectivity index (χ4n) is 11.1. The minimum absolute atomic E-state index is 0. The van der Waals surface area contributed by atoms with E-state index in [1.165, 1.54) is 30.8 Å². The Morgan fingerprint density at radius 3 is 1.37 bits per heavy atom. The van der Waals surface area contributed by atoms with E-state index >= 15 is 0 Å². The fourth-order valence-corrected chi connectivity index (χ4v) is 12.3. The summed E-state index contributed by atoms with van der Waals surface area (Å²) in [6.45, 7) is 14.9. The Labute approximate surface area is 695 Å². The molecule has 5 aromatic heterocycles. The normalized spacial score (nSPS) is 16.2. The fraction of sp³-hybridized carbons (Fsp3) is 0.493. The number of nitrogen functional groups attached to an aromatic ring is 1. The van der Waals surface area contributed by atoms with E-state index in [2.05, 4.69) is 236 Å². The number of nitrogens with two attached hydrogens (primary N) is 1. The van der Waals surface area contributed by atoms with Crippen molar-refractivity contribution >= 4 is 237 Å². The average Bonchev–Trinajstić information content (AvgIpc) is 1.60. The van der Waals surface area contributed by atoms with Gasteiger partial charge in [-0.05, 0) is 239 Å². The average molecular weight is 2060 g/mol. The van der Waals surface area contributed by atoms with Gasteiger partial charge in [-0.2, -0.15) is 10.2 Å². The Morgan fingerprint density at radius 1 is 0.598 bits per heavy atom. The van der Waals surface area contributed by atoms with E-state index < -0.39 is 9.41 Å². The Kier molecular flexibility index (Phi) is 40.8. The van der Waals surface area contributed by atoms with Gasteiger partial charge < -0.3 is 49.6 Å². The lowest BCUT2D eigenvalue weighted by Gasteiger charge is -2.35. The van der Waals surface area contributed by atoms with E-state index in [1.807, 2.05) is 145 Å². The minimum atomic E-state index is -2.04. The smallest absolute Gasteiger partial charge is 0.402 e. The Morgan fingerprint density at radius 2 is 0.990 bits per heavy atom. The number of halogens is 10. The number of fused-ring (bicyclic) bond motifs is 3. The number of carbonyl (C=O) groups excluding carboxylic acids is 3. The van der Waals surface area contributed by atoms with E-state index in [0.29, 0.717) is 30.7 Å². The van der Waals surface area contributed by atoms with Crippen LogP contribution < -0.4 is 16.5 Å². The number of likely N-dealkylation sites (tertiary alicyclic amines) is 3. The molecule has 0 atom stereocenters. The molecule has 4 aliphatic rings. The molecular weight excluding hydrogens is 1960 g/mol. The van der Waals surface area contributed by atoms with Crippen molar-refractivity contribution < 1.29 is 28.4 Å². The van der Waals surface area contributed by atoms with Gasteiger partial charge >= 0.3 is 16.5 Å². The number of benzene rings is 3. The number of hydrogen-bond acceptors (Lipinski definition) is 16. The van der Waals surface area contributed by atoms with Crippen molar-refractivity contribution in [2.45, 2.75) is 120 Å². The molecule has 4 fully saturated rings. The van der Waals surface area contributed by atoms with Crippen LogP contribution in [0.2, 0.25) is 0 Å². The van der Waals surface area contributed by atoms with Crippen LogP contribution in [0.25, 0.3) is 43.4 Å². The highest BCUT2D eigenvalue weighted by molar-refractivity contribution is 14.2. The number of pyridine rings is 3. The second-order valence-corrected chi connectivity index (χ2v) is 38.9. The van der Waals surface area contributed by atoms with Crippen LogP contribution in [0.3, 0.4) is 0 Å².